The van der Waals surface area contributed by atoms with Crippen LogP contribution in [0.5, 0.6) is 0 Å². The Morgan fingerprint density at radius 3 is 2.89 bits per heavy atom. The summed E-state index contributed by atoms with van der Waals surface area (Å²) in [6.07, 6.45) is 6.60. The van der Waals surface area contributed by atoms with Crippen molar-refractivity contribution in [2.75, 3.05) is 6.54 Å². The lowest BCUT2D eigenvalue weighted by molar-refractivity contribution is 0.134. The highest BCUT2D eigenvalue weighted by molar-refractivity contribution is 5.33. The lowest BCUT2D eigenvalue weighted by Gasteiger charge is -2.12. The molecule has 1 unspecified atom stereocenters. The van der Waals surface area contributed by atoms with Crippen LogP contribution >= 0.6 is 0 Å². The minimum Gasteiger partial charge on any atom is -0.372 e. The fraction of sp³-hybridized carbons (Fsp3) is 0.647. The van der Waals surface area contributed by atoms with Gasteiger partial charge in [0, 0.05) is 6.04 Å². The minimum absolute atomic E-state index is 0.804. The van der Waals surface area contributed by atoms with Gasteiger partial charge in [-0.25, -0.2) is 0 Å². The average Bonchev–Trinajstić information content (AvgIpc) is 3.12. The summed E-state index contributed by atoms with van der Waals surface area (Å²) in [4.78, 5) is 0. The third-order valence-corrected chi connectivity index (χ3v) is 4.36. The molecule has 0 radical (unpaired) electrons. The highest BCUT2D eigenvalue weighted by Crippen LogP contribution is 2.23. The van der Waals surface area contributed by atoms with Crippen LogP contribution in [0, 0.1) is 5.92 Å². The number of aryl methyl sites for hydroxylation is 1. The first-order chi connectivity index (χ1) is 9.31. The topological polar surface area (TPSA) is 21.3 Å². The second kappa shape index (κ2) is 6.06. The zero-order valence-electron chi connectivity index (χ0n) is 12.0. The molecule has 0 saturated heterocycles. The van der Waals surface area contributed by atoms with Crippen LogP contribution in [0.4, 0.5) is 0 Å². The van der Waals surface area contributed by atoms with Crippen molar-refractivity contribution in [2.24, 2.45) is 5.92 Å². The Kier molecular flexibility index (Phi) is 4.19. The molecule has 1 atom stereocenters. The number of ether oxygens (including phenoxy) is 1. The van der Waals surface area contributed by atoms with Crippen molar-refractivity contribution in [3.05, 3.63) is 34.9 Å². The standard InChI is InChI=1S/C17H25NO/c1-13(8-9-18-17-6-7-17)2-3-14-4-5-15-11-19-12-16(15)10-14/h4-5,10,13,17-18H,2-3,6-9,11-12H2,1H3. The summed E-state index contributed by atoms with van der Waals surface area (Å²) in [6.45, 7) is 5.19. The summed E-state index contributed by atoms with van der Waals surface area (Å²) in [5, 5.41) is 3.60. The van der Waals surface area contributed by atoms with Gasteiger partial charge in [0.05, 0.1) is 13.2 Å². The van der Waals surface area contributed by atoms with Gasteiger partial charge in [-0.3, -0.25) is 0 Å². The first-order valence-corrected chi connectivity index (χ1v) is 7.73. The van der Waals surface area contributed by atoms with Crippen LogP contribution in [-0.4, -0.2) is 12.6 Å². The van der Waals surface area contributed by atoms with E-state index in [1.165, 1.54) is 55.3 Å². The molecule has 0 amide bonds. The Morgan fingerprint density at radius 1 is 1.21 bits per heavy atom. The number of hydrogen-bond acceptors (Lipinski definition) is 2. The van der Waals surface area contributed by atoms with E-state index in [0.717, 1.165) is 25.2 Å². The fourth-order valence-electron chi connectivity index (χ4n) is 2.76. The summed E-state index contributed by atoms with van der Waals surface area (Å²) >= 11 is 0. The molecular weight excluding hydrogens is 234 g/mol. The van der Waals surface area contributed by atoms with Crippen molar-refractivity contribution < 1.29 is 4.74 Å². The number of nitrogens with one attached hydrogen (secondary N) is 1. The predicted octanol–water partition coefficient (Wildman–Crippen LogP) is 3.43. The van der Waals surface area contributed by atoms with Gasteiger partial charge in [-0.2, -0.15) is 0 Å². The Balaban J connectivity index is 1.40. The molecule has 2 heteroatoms. The van der Waals surface area contributed by atoms with Crippen molar-refractivity contribution in [1.82, 2.24) is 5.32 Å². The van der Waals surface area contributed by atoms with Crippen LogP contribution in [0.1, 0.15) is 49.3 Å². The molecule has 19 heavy (non-hydrogen) atoms. The molecular formula is C17H25NO. The molecule has 0 aromatic heterocycles. The van der Waals surface area contributed by atoms with Gasteiger partial charge in [0.25, 0.3) is 0 Å². The van der Waals surface area contributed by atoms with E-state index in [-0.39, 0.29) is 0 Å². The van der Waals surface area contributed by atoms with E-state index in [4.69, 9.17) is 4.74 Å². The number of benzene rings is 1. The normalized spacial score (nSPS) is 19.4. The molecule has 2 nitrogen and oxygen atoms in total. The molecule has 1 aliphatic carbocycles. The first kappa shape index (κ1) is 13.1. The quantitative estimate of drug-likeness (QED) is 0.810. The monoisotopic (exact) mass is 259 g/mol. The highest BCUT2D eigenvalue weighted by atomic mass is 16.5. The Bertz CT molecular complexity index is 425. The molecule has 1 saturated carbocycles. The van der Waals surface area contributed by atoms with Gasteiger partial charge >= 0.3 is 0 Å². The predicted molar refractivity (Wildman–Crippen MR) is 78.1 cm³/mol. The van der Waals surface area contributed by atoms with Gasteiger partial charge in [0.2, 0.25) is 0 Å². The maximum absolute atomic E-state index is 5.47. The Hall–Kier alpha value is -0.860. The van der Waals surface area contributed by atoms with Crippen LogP contribution in [0.15, 0.2) is 18.2 Å². The van der Waals surface area contributed by atoms with Crippen LogP contribution < -0.4 is 5.32 Å². The van der Waals surface area contributed by atoms with Crippen molar-refractivity contribution in [2.45, 2.75) is 58.3 Å². The highest BCUT2D eigenvalue weighted by Gasteiger charge is 2.19. The van der Waals surface area contributed by atoms with E-state index in [0.29, 0.717) is 0 Å². The summed E-state index contributed by atoms with van der Waals surface area (Å²) in [5.41, 5.74) is 4.26. The number of fused-ring (bicyclic) bond motifs is 1. The van der Waals surface area contributed by atoms with Crippen molar-refractivity contribution in [3.8, 4) is 0 Å². The molecule has 0 bridgehead atoms. The van der Waals surface area contributed by atoms with E-state index in [1.54, 1.807) is 0 Å². The molecule has 0 spiro atoms. The van der Waals surface area contributed by atoms with Crippen LogP contribution in [0.2, 0.25) is 0 Å². The van der Waals surface area contributed by atoms with Gasteiger partial charge in [0.15, 0.2) is 0 Å². The lowest BCUT2D eigenvalue weighted by atomic mass is 9.96. The van der Waals surface area contributed by atoms with E-state index in [2.05, 4.69) is 30.4 Å². The Labute approximate surface area is 116 Å². The van der Waals surface area contributed by atoms with Gasteiger partial charge in [-0.1, -0.05) is 25.1 Å². The molecule has 2 aliphatic rings. The second-order valence-corrected chi connectivity index (χ2v) is 6.26. The minimum atomic E-state index is 0.804. The van der Waals surface area contributed by atoms with E-state index < -0.39 is 0 Å². The smallest absolute Gasteiger partial charge is 0.0725 e. The number of hydrogen-bond donors (Lipinski definition) is 1. The largest absolute Gasteiger partial charge is 0.372 e. The van der Waals surface area contributed by atoms with Gasteiger partial charge in [-0.05, 0) is 61.3 Å². The maximum atomic E-state index is 5.47. The lowest BCUT2D eigenvalue weighted by Crippen LogP contribution is -2.19. The van der Waals surface area contributed by atoms with E-state index >= 15 is 0 Å². The summed E-state index contributed by atoms with van der Waals surface area (Å²) in [5.74, 6) is 0.816. The molecule has 1 aliphatic heterocycles. The zero-order valence-corrected chi connectivity index (χ0v) is 12.0. The number of rotatable bonds is 7. The third kappa shape index (κ3) is 3.80. The summed E-state index contributed by atoms with van der Waals surface area (Å²) < 4.78 is 5.47. The average molecular weight is 259 g/mol. The third-order valence-electron chi connectivity index (χ3n) is 4.36. The first-order valence-electron chi connectivity index (χ1n) is 7.73. The van der Waals surface area contributed by atoms with Gasteiger partial charge in [-0.15, -0.1) is 0 Å². The molecule has 1 N–H and O–H groups in total. The molecule has 1 fully saturated rings. The van der Waals surface area contributed by atoms with Crippen LogP contribution in [0.3, 0.4) is 0 Å². The SMILES string of the molecule is CC(CCNC1CC1)CCc1ccc2c(c1)COC2. The van der Waals surface area contributed by atoms with Crippen LogP contribution in [-0.2, 0) is 24.4 Å². The van der Waals surface area contributed by atoms with Gasteiger partial charge < -0.3 is 10.1 Å². The summed E-state index contributed by atoms with van der Waals surface area (Å²) in [7, 11) is 0. The van der Waals surface area contributed by atoms with Crippen molar-refractivity contribution in [3.63, 3.8) is 0 Å². The van der Waals surface area contributed by atoms with E-state index in [9.17, 15) is 0 Å². The molecule has 104 valence electrons. The molecule has 1 heterocycles. The molecule has 3 rings (SSSR count). The second-order valence-electron chi connectivity index (χ2n) is 6.26. The zero-order chi connectivity index (χ0) is 13.1. The van der Waals surface area contributed by atoms with E-state index in [1.807, 2.05) is 0 Å². The maximum Gasteiger partial charge on any atom is 0.0725 e. The van der Waals surface area contributed by atoms with Crippen molar-refractivity contribution in [1.29, 1.82) is 0 Å². The molecule has 1 aromatic rings. The van der Waals surface area contributed by atoms with Crippen molar-refractivity contribution >= 4 is 0 Å². The summed E-state index contributed by atoms with van der Waals surface area (Å²) in [6, 6.07) is 7.72. The molecule has 1 aromatic carbocycles. The fourth-order valence-corrected chi connectivity index (χ4v) is 2.76. The Morgan fingerprint density at radius 2 is 2.05 bits per heavy atom. The van der Waals surface area contributed by atoms with Gasteiger partial charge in [0.1, 0.15) is 0 Å². The van der Waals surface area contributed by atoms with Crippen LogP contribution in [0.25, 0.3) is 0 Å².